The average Bonchev–Trinajstić information content (AvgIpc) is 3.34. The highest BCUT2D eigenvalue weighted by atomic mass is 32.2. The van der Waals surface area contributed by atoms with E-state index in [0.717, 1.165) is 35.7 Å². The van der Waals surface area contributed by atoms with Crippen LogP contribution in [-0.2, 0) is 27.0 Å². The van der Waals surface area contributed by atoms with E-state index < -0.39 is 10.0 Å². The lowest BCUT2D eigenvalue weighted by molar-refractivity contribution is -0.119. The molecule has 0 aliphatic rings. The Balaban J connectivity index is 1.61. The lowest BCUT2D eigenvalue weighted by Gasteiger charge is -2.24. The molecule has 1 N–H and O–H groups in total. The molecule has 0 spiro atoms. The van der Waals surface area contributed by atoms with Crippen LogP contribution in [0.1, 0.15) is 24.7 Å². The van der Waals surface area contributed by atoms with Crippen LogP contribution >= 0.6 is 11.8 Å². The Morgan fingerprint density at radius 2 is 1.78 bits per heavy atom. The van der Waals surface area contributed by atoms with Gasteiger partial charge in [-0.2, -0.15) is 11.8 Å². The van der Waals surface area contributed by atoms with Crippen LogP contribution in [-0.4, -0.2) is 33.2 Å². The number of rotatable bonds is 12. The number of hydrogen-bond acceptors (Lipinski definition) is 5. The molecular weight excluding hydrogens is 444 g/mol. The quantitative estimate of drug-likeness (QED) is 0.393. The third-order valence-corrected chi connectivity index (χ3v) is 7.72. The van der Waals surface area contributed by atoms with Crippen molar-refractivity contribution >= 4 is 33.4 Å². The van der Waals surface area contributed by atoms with Crippen molar-refractivity contribution in [3.8, 4) is 0 Å². The molecule has 0 saturated heterocycles. The second-order valence-electron chi connectivity index (χ2n) is 7.18. The van der Waals surface area contributed by atoms with Gasteiger partial charge in [-0.15, -0.1) is 0 Å². The van der Waals surface area contributed by atoms with Crippen molar-refractivity contribution < 1.29 is 17.6 Å². The summed E-state index contributed by atoms with van der Waals surface area (Å²) in [6.45, 7) is 2.24. The maximum Gasteiger partial charge on any atom is 0.264 e. The van der Waals surface area contributed by atoms with Crippen molar-refractivity contribution in [2.75, 3.05) is 23.1 Å². The highest BCUT2D eigenvalue weighted by Crippen LogP contribution is 2.24. The average molecular weight is 473 g/mol. The minimum Gasteiger partial charge on any atom is -0.468 e. The highest BCUT2D eigenvalue weighted by molar-refractivity contribution is 7.98. The number of benzene rings is 2. The minimum atomic E-state index is -3.88. The lowest BCUT2D eigenvalue weighted by Crippen LogP contribution is -2.41. The van der Waals surface area contributed by atoms with Crippen LogP contribution in [0.25, 0.3) is 0 Å². The molecule has 32 heavy (non-hydrogen) atoms. The molecule has 170 valence electrons. The number of carbonyl (C=O) groups excluding carboxylic acids is 1. The second kappa shape index (κ2) is 11.8. The zero-order chi connectivity index (χ0) is 22.8. The van der Waals surface area contributed by atoms with Gasteiger partial charge in [0.05, 0.1) is 22.6 Å². The van der Waals surface area contributed by atoms with Crippen LogP contribution in [0.4, 0.5) is 5.69 Å². The Labute approximate surface area is 194 Å². The van der Waals surface area contributed by atoms with E-state index in [4.69, 9.17) is 4.42 Å². The van der Waals surface area contributed by atoms with E-state index in [9.17, 15) is 13.2 Å². The molecule has 1 aromatic heterocycles. The Kier molecular flexibility index (Phi) is 8.81. The van der Waals surface area contributed by atoms with Crippen molar-refractivity contribution in [3.05, 3.63) is 84.3 Å². The van der Waals surface area contributed by atoms with Gasteiger partial charge >= 0.3 is 0 Å². The molecule has 0 bridgehead atoms. The maximum atomic E-state index is 13.3. The fourth-order valence-electron chi connectivity index (χ4n) is 3.09. The summed E-state index contributed by atoms with van der Waals surface area (Å²) in [5.74, 6) is 2.25. The van der Waals surface area contributed by atoms with Gasteiger partial charge in [0, 0.05) is 6.54 Å². The first kappa shape index (κ1) is 23.9. The highest BCUT2D eigenvalue weighted by Gasteiger charge is 2.26. The van der Waals surface area contributed by atoms with E-state index in [1.54, 1.807) is 48.4 Å². The fraction of sp³-hybridized carbons (Fsp3) is 0.292. The smallest absolute Gasteiger partial charge is 0.264 e. The molecule has 8 heteroatoms. The number of nitrogens with one attached hydrogen (secondary N) is 1. The zero-order valence-corrected chi connectivity index (χ0v) is 19.7. The molecule has 0 aliphatic heterocycles. The normalized spacial score (nSPS) is 11.3. The third kappa shape index (κ3) is 6.64. The Morgan fingerprint density at radius 3 is 2.44 bits per heavy atom. The van der Waals surface area contributed by atoms with Gasteiger partial charge in [-0.3, -0.25) is 9.10 Å². The minimum absolute atomic E-state index is 0.154. The second-order valence-corrected chi connectivity index (χ2v) is 10.1. The van der Waals surface area contributed by atoms with E-state index in [-0.39, 0.29) is 17.3 Å². The van der Waals surface area contributed by atoms with Crippen LogP contribution in [0, 0.1) is 0 Å². The molecule has 6 nitrogen and oxygen atoms in total. The number of furan rings is 1. The summed E-state index contributed by atoms with van der Waals surface area (Å²) in [6, 6.07) is 19.2. The van der Waals surface area contributed by atoms with E-state index in [0.29, 0.717) is 12.2 Å². The van der Waals surface area contributed by atoms with Gasteiger partial charge in [-0.1, -0.05) is 37.3 Å². The van der Waals surface area contributed by atoms with Gasteiger partial charge in [-0.25, -0.2) is 8.42 Å². The molecule has 0 aliphatic carbocycles. The number of sulfonamides is 1. The van der Waals surface area contributed by atoms with E-state index in [1.165, 1.54) is 16.4 Å². The number of nitrogens with zero attached hydrogens (tertiary/aromatic N) is 1. The molecule has 1 amide bonds. The van der Waals surface area contributed by atoms with Gasteiger partial charge in [0.1, 0.15) is 12.3 Å². The predicted molar refractivity (Wildman–Crippen MR) is 129 cm³/mol. The molecule has 3 aromatic rings. The van der Waals surface area contributed by atoms with Crippen LogP contribution in [0.3, 0.4) is 0 Å². The number of hydrogen-bond donors (Lipinski definition) is 1. The summed E-state index contributed by atoms with van der Waals surface area (Å²) in [5.41, 5.74) is 1.57. The lowest BCUT2D eigenvalue weighted by atomic mass is 10.1. The van der Waals surface area contributed by atoms with Gasteiger partial charge in [0.15, 0.2) is 0 Å². The third-order valence-electron chi connectivity index (χ3n) is 4.86. The summed E-state index contributed by atoms with van der Waals surface area (Å²) in [7, 11) is -3.88. The topological polar surface area (TPSA) is 79.6 Å². The Bertz CT molecular complexity index is 1070. The van der Waals surface area contributed by atoms with Crippen LogP contribution in [0.15, 0.2) is 82.3 Å². The van der Waals surface area contributed by atoms with Crippen LogP contribution in [0.2, 0.25) is 0 Å². The SMILES string of the molecule is CCc1ccc(N(CC(=O)NCCCSCc2ccco2)S(=O)(=O)c2ccccc2)cc1. The standard InChI is InChI=1S/C24H28N2O4S2/c1-2-20-11-13-21(14-12-20)26(32(28,29)23-9-4-3-5-10-23)18-24(27)25-15-7-17-31-19-22-8-6-16-30-22/h3-6,8-14,16H,2,7,15,17-19H2,1H3,(H,25,27). The van der Waals surface area contributed by atoms with Gasteiger partial charge in [0.25, 0.3) is 10.0 Å². The molecule has 0 saturated carbocycles. The van der Waals surface area contributed by atoms with E-state index in [2.05, 4.69) is 5.32 Å². The molecule has 0 unspecified atom stereocenters. The zero-order valence-electron chi connectivity index (χ0n) is 18.1. The summed E-state index contributed by atoms with van der Waals surface area (Å²) >= 11 is 1.73. The summed E-state index contributed by atoms with van der Waals surface area (Å²) in [5, 5.41) is 2.84. The monoisotopic (exact) mass is 472 g/mol. The van der Waals surface area contributed by atoms with E-state index >= 15 is 0 Å². The van der Waals surface area contributed by atoms with Crippen molar-refractivity contribution in [1.82, 2.24) is 5.32 Å². The first-order valence-corrected chi connectivity index (χ1v) is 13.1. The summed E-state index contributed by atoms with van der Waals surface area (Å²) in [6.07, 6.45) is 3.29. The largest absolute Gasteiger partial charge is 0.468 e. The summed E-state index contributed by atoms with van der Waals surface area (Å²) < 4.78 is 33.0. The first-order chi connectivity index (χ1) is 15.5. The number of amides is 1. The Morgan fingerprint density at radius 1 is 1.03 bits per heavy atom. The molecule has 2 aromatic carbocycles. The van der Waals surface area contributed by atoms with Crippen LogP contribution in [0.5, 0.6) is 0 Å². The van der Waals surface area contributed by atoms with Crippen molar-refractivity contribution in [2.24, 2.45) is 0 Å². The maximum absolute atomic E-state index is 13.3. The van der Waals surface area contributed by atoms with Crippen molar-refractivity contribution in [3.63, 3.8) is 0 Å². The molecular formula is C24H28N2O4S2. The number of anilines is 1. The van der Waals surface area contributed by atoms with Crippen molar-refractivity contribution in [2.45, 2.75) is 30.4 Å². The number of carbonyl (C=O) groups is 1. The molecule has 0 radical (unpaired) electrons. The van der Waals surface area contributed by atoms with E-state index in [1.807, 2.05) is 31.2 Å². The van der Waals surface area contributed by atoms with Gasteiger partial charge < -0.3 is 9.73 Å². The van der Waals surface area contributed by atoms with Crippen molar-refractivity contribution in [1.29, 1.82) is 0 Å². The number of aryl methyl sites for hydroxylation is 1. The molecule has 3 rings (SSSR count). The van der Waals surface area contributed by atoms with Gasteiger partial charge in [-0.05, 0) is 60.6 Å². The molecule has 0 fully saturated rings. The van der Waals surface area contributed by atoms with Gasteiger partial charge in [0.2, 0.25) is 5.91 Å². The molecule has 1 heterocycles. The van der Waals surface area contributed by atoms with Crippen LogP contribution < -0.4 is 9.62 Å². The fourth-order valence-corrected chi connectivity index (χ4v) is 5.39. The summed E-state index contributed by atoms with van der Waals surface area (Å²) in [4.78, 5) is 12.8. The first-order valence-electron chi connectivity index (χ1n) is 10.5. The number of thioether (sulfide) groups is 1. The predicted octanol–water partition coefficient (Wildman–Crippen LogP) is 4.48. The Hall–Kier alpha value is -2.71. The molecule has 0 atom stereocenters.